The quantitative estimate of drug-likeness (QED) is 0.808. The second-order valence-corrected chi connectivity index (χ2v) is 6.70. The first-order valence-electron chi connectivity index (χ1n) is 7.35. The van der Waals surface area contributed by atoms with E-state index in [1.165, 1.54) is 12.8 Å². The van der Waals surface area contributed by atoms with Gasteiger partial charge < -0.3 is 15.4 Å². The van der Waals surface area contributed by atoms with E-state index in [2.05, 4.69) is 15.5 Å². The number of rotatable bonds is 3. The summed E-state index contributed by atoms with van der Waals surface area (Å²) in [4.78, 5) is 14.1. The molecule has 2 aliphatic heterocycles. The molecule has 1 amide bonds. The molecule has 2 aliphatic rings. The Bertz CT molecular complexity index is 302. The van der Waals surface area contributed by atoms with Gasteiger partial charge in [0.2, 0.25) is 0 Å². The smallest absolute Gasteiger partial charge is 0.407 e. The molecule has 0 spiro atoms. The van der Waals surface area contributed by atoms with E-state index in [4.69, 9.17) is 4.74 Å². The van der Waals surface area contributed by atoms with Gasteiger partial charge in [0.1, 0.15) is 5.60 Å². The van der Waals surface area contributed by atoms with Gasteiger partial charge in [-0.15, -0.1) is 0 Å². The first-order chi connectivity index (χ1) is 8.94. The van der Waals surface area contributed by atoms with Crippen LogP contribution >= 0.6 is 0 Å². The van der Waals surface area contributed by atoms with Crippen LogP contribution in [0.15, 0.2) is 0 Å². The van der Waals surface area contributed by atoms with E-state index in [1.807, 2.05) is 20.8 Å². The maximum Gasteiger partial charge on any atom is 0.407 e. The number of nitrogens with one attached hydrogen (secondary N) is 2. The van der Waals surface area contributed by atoms with Crippen molar-refractivity contribution in [3.05, 3.63) is 0 Å². The number of alkyl carbamates (subject to hydrolysis) is 1. The summed E-state index contributed by atoms with van der Waals surface area (Å²) in [6.07, 6.45) is 2.28. The Hall–Kier alpha value is -0.810. The zero-order valence-corrected chi connectivity index (χ0v) is 12.4. The number of likely N-dealkylation sites (tertiary alicyclic amines) is 1. The van der Waals surface area contributed by atoms with E-state index in [9.17, 15) is 4.79 Å². The van der Waals surface area contributed by atoms with Crippen LogP contribution in [0.1, 0.15) is 33.6 Å². The van der Waals surface area contributed by atoms with E-state index in [1.54, 1.807) is 0 Å². The van der Waals surface area contributed by atoms with E-state index >= 15 is 0 Å². The molecule has 0 radical (unpaired) electrons. The summed E-state index contributed by atoms with van der Waals surface area (Å²) in [6, 6.07) is 0.700. The van der Waals surface area contributed by atoms with Gasteiger partial charge in [0.25, 0.3) is 0 Å². The van der Waals surface area contributed by atoms with Gasteiger partial charge in [-0.25, -0.2) is 4.79 Å². The van der Waals surface area contributed by atoms with Crippen LogP contribution in [0.4, 0.5) is 4.79 Å². The van der Waals surface area contributed by atoms with Crippen LogP contribution in [0, 0.1) is 5.92 Å². The molecule has 2 heterocycles. The van der Waals surface area contributed by atoms with Crippen molar-refractivity contribution in [2.75, 3.05) is 32.7 Å². The molecule has 19 heavy (non-hydrogen) atoms. The van der Waals surface area contributed by atoms with E-state index < -0.39 is 5.60 Å². The topological polar surface area (TPSA) is 53.6 Å². The number of nitrogens with zero attached hydrogens (tertiary/aromatic N) is 1. The van der Waals surface area contributed by atoms with Gasteiger partial charge >= 0.3 is 6.09 Å². The molecule has 0 bridgehead atoms. The minimum absolute atomic E-state index is 0.301. The second-order valence-electron chi connectivity index (χ2n) is 6.70. The fourth-order valence-electron chi connectivity index (χ4n) is 2.72. The normalized spacial score (nSPS) is 25.7. The highest BCUT2D eigenvalue weighted by atomic mass is 16.6. The first-order valence-corrected chi connectivity index (χ1v) is 7.35. The summed E-state index contributed by atoms with van der Waals surface area (Å²) in [7, 11) is 0. The highest BCUT2D eigenvalue weighted by Gasteiger charge is 2.33. The van der Waals surface area contributed by atoms with Crippen molar-refractivity contribution < 1.29 is 9.53 Å². The zero-order chi connectivity index (χ0) is 13.9. The molecule has 0 aromatic carbocycles. The van der Waals surface area contributed by atoms with Crippen LogP contribution in [0.3, 0.4) is 0 Å². The standard InChI is InChI=1S/C14H27N3O2/c1-14(2,3)19-13(18)16-7-11-9-17(10-11)12-5-4-6-15-8-12/h11-12,15H,4-10H2,1-3H3,(H,16,18)/t12-/m0/s1. The van der Waals surface area contributed by atoms with Crippen LogP contribution in [0.2, 0.25) is 0 Å². The SMILES string of the molecule is CC(C)(C)OC(=O)NCC1CN([C@H]2CCCNC2)C1. The van der Waals surface area contributed by atoms with Crippen molar-refractivity contribution in [3.63, 3.8) is 0 Å². The number of piperidine rings is 1. The van der Waals surface area contributed by atoms with Crippen molar-refractivity contribution in [3.8, 4) is 0 Å². The van der Waals surface area contributed by atoms with Crippen LogP contribution < -0.4 is 10.6 Å². The molecule has 110 valence electrons. The second kappa shape index (κ2) is 6.09. The molecule has 2 rings (SSSR count). The molecular weight excluding hydrogens is 242 g/mol. The van der Waals surface area contributed by atoms with E-state index in [-0.39, 0.29) is 6.09 Å². The van der Waals surface area contributed by atoms with Crippen molar-refractivity contribution in [1.82, 2.24) is 15.5 Å². The maximum absolute atomic E-state index is 11.5. The summed E-state index contributed by atoms with van der Waals surface area (Å²) in [5.74, 6) is 0.578. The van der Waals surface area contributed by atoms with E-state index in [0.717, 1.165) is 32.7 Å². The minimum Gasteiger partial charge on any atom is -0.444 e. The van der Waals surface area contributed by atoms with Crippen LogP contribution in [-0.4, -0.2) is 55.4 Å². The number of carbonyl (C=O) groups excluding carboxylic acids is 1. The zero-order valence-electron chi connectivity index (χ0n) is 12.4. The lowest BCUT2D eigenvalue weighted by molar-refractivity contribution is 0.0309. The lowest BCUT2D eigenvalue weighted by Gasteiger charge is -2.45. The molecule has 5 nitrogen and oxygen atoms in total. The molecule has 0 aromatic rings. The van der Waals surface area contributed by atoms with Crippen LogP contribution in [-0.2, 0) is 4.74 Å². The minimum atomic E-state index is -0.413. The van der Waals surface area contributed by atoms with Gasteiger partial charge in [0.05, 0.1) is 0 Å². The number of carbonyl (C=O) groups is 1. The van der Waals surface area contributed by atoms with Crippen molar-refractivity contribution in [2.45, 2.75) is 45.3 Å². The predicted molar refractivity (Wildman–Crippen MR) is 75.2 cm³/mol. The van der Waals surface area contributed by atoms with Gasteiger partial charge in [-0.05, 0) is 40.2 Å². The molecule has 0 unspecified atom stereocenters. The van der Waals surface area contributed by atoms with E-state index in [0.29, 0.717) is 12.0 Å². The summed E-state index contributed by atoms with van der Waals surface area (Å²) < 4.78 is 5.23. The third-order valence-electron chi connectivity index (χ3n) is 3.71. The van der Waals surface area contributed by atoms with Gasteiger partial charge in [0.15, 0.2) is 0 Å². The maximum atomic E-state index is 11.5. The average molecular weight is 269 g/mol. The third kappa shape index (κ3) is 4.66. The summed E-state index contributed by atoms with van der Waals surface area (Å²) >= 11 is 0. The van der Waals surface area contributed by atoms with Gasteiger partial charge in [-0.2, -0.15) is 0 Å². The third-order valence-corrected chi connectivity index (χ3v) is 3.71. The summed E-state index contributed by atoms with van der Waals surface area (Å²) in [5.41, 5.74) is -0.413. The summed E-state index contributed by atoms with van der Waals surface area (Å²) in [5, 5.41) is 6.30. The summed E-state index contributed by atoms with van der Waals surface area (Å²) in [6.45, 7) is 10.9. The van der Waals surface area contributed by atoms with Gasteiger partial charge in [-0.1, -0.05) is 0 Å². The van der Waals surface area contributed by atoms with Crippen molar-refractivity contribution >= 4 is 6.09 Å². The molecule has 5 heteroatoms. The van der Waals surface area contributed by atoms with Gasteiger partial charge in [0, 0.05) is 38.1 Å². The Morgan fingerprint density at radius 2 is 2.16 bits per heavy atom. The fourth-order valence-corrected chi connectivity index (χ4v) is 2.72. The Labute approximate surface area is 116 Å². The average Bonchev–Trinajstić information content (AvgIpc) is 2.26. The number of hydrogen-bond acceptors (Lipinski definition) is 4. The van der Waals surface area contributed by atoms with Crippen LogP contribution in [0.25, 0.3) is 0 Å². The lowest BCUT2D eigenvalue weighted by Crippen LogP contribution is -2.58. The molecule has 1 atom stereocenters. The molecule has 0 aliphatic carbocycles. The lowest BCUT2D eigenvalue weighted by atomic mass is 9.94. The number of amides is 1. The number of hydrogen-bond donors (Lipinski definition) is 2. The molecule has 2 N–H and O–H groups in total. The van der Waals surface area contributed by atoms with Crippen molar-refractivity contribution in [2.24, 2.45) is 5.92 Å². The molecule has 2 fully saturated rings. The Morgan fingerprint density at radius 1 is 1.42 bits per heavy atom. The largest absolute Gasteiger partial charge is 0.444 e. The molecule has 0 saturated carbocycles. The Balaban J connectivity index is 1.58. The number of ether oxygens (including phenoxy) is 1. The molecular formula is C14H27N3O2. The van der Waals surface area contributed by atoms with Crippen LogP contribution in [0.5, 0.6) is 0 Å². The fraction of sp³-hybridized carbons (Fsp3) is 0.929. The highest BCUT2D eigenvalue weighted by Crippen LogP contribution is 2.21. The Morgan fingerprint density at radius 3 is 2.74 bits per heavy atom. The monoisotopic (exact) mass is 269 g/mol. The highest BCUT2D eigenvalue weighted by molar-refractivity contribution is 5.67. The predicted octanol–water partition coefficient (Wildman–Crippen LogP) is 1.19. The molecule has 0 aromatic heterocycles. The Kier molecular flexibility index (Phi) is 4.68. The first kappa shape index (κ1) is 14.6. The molecule has 2 saturated heterocycles. The van der Waals surface area contributed by atoms with Gasteiger partial charge in [-0.3, -0.25) is 4.90 Å². The van der Waals surface area contributed by atoms with Crippen molar-refractivity contribution in [1.29, 1.82) is 0 Å².